The van der Waals surface area contributed by atoms with Crippen molar-refractivity contribution in [1.82, 2.24) is 40.9 Å². The Morgan fingerprint density at radius 1 is 0.312 bits per heavy atom. The molecule has 4 aromatic rings. The van der Waals surface area contributed by atoms with Crippen LogP contribution in [0.2, 0.25) is 0 Å². The molecule has 4 amide bonds. The molecule has 35 heteroatoms. The maximum absolute atomic E-state index is 12.8. The third-order valence-corrected chi connectivity index (χ3v) is 24.8. The van der Waals surface area contributed by atoms with E-state index < -0.39 is 48.6 Å². The first-order chi connectivity index (χ1) is 67.1. The Morgan fingerprint density at radius 2 is 0.511 bits per heavy atom. The first kappa shape index (κ1) is 122. The lowest BCUT2D eigenvalue weighted by molar-refractivity contribution is -0.165. The van der Waals surface area contributed by atoms with Crippen molar-refractivity contribution >= 4 is 70.3 Å². The van der Waals surface area contributed by atoms with Crippen molar-refractivity contribution in [3.8, 4) is 46.0 Å². The molecule has 8 aliphatic rings. The van der Waals surface area contributed by atoms with Gasteiger partial charge in [-0.05, 0) is 212 Å². The summed E-state index contributed by atoms with van der Waals surface area (Å²) >= 11 is 4.64. The van der Waals surface area contributed by atoms with Gasteiger partial charge in [0.05, 0.1) is 24.2 Å². The molecule has 34 nitrogen and oxygen atoms in total. The minimum absolute atomic E-state index is 0. The third kappa shape index (κ3) is 46.6. The maximum atomic E-state index is 12.8. The Bertz CT molecular complexity index is 4010. The van der Waals surface area contributed by atoms with Gasteiger partial charge in [-0.3, -0.25) is 38.4 Å². The maximum Gasteiger partial charge on any atom is 0.335 e. The molecule has 0 aromatic heterocycles. The van der Waals surface area contributed by atoms with Crippen LogP contribution < -0.4 is 59.2 Å². The lowest BCUT2D eigenvalue weighted by atomic mass is 10.00. The Labute approximate surface area is 841 Å². The predicted molar refractivity (Wildman–Crippen MR) is 539 cm³/mol. The second-order valence-electron chi connectivity index (χ2n) is 36.6. The molecule has 0 spiro atoms. The number of hydrogen-bond acceptors (Lipinski definition) is 28. The molecule has 0 radical (unpaired) electrons. The van der Waals surface area contributed by atoms with E-state index in [4.69, 9.17) is 72.5 Å². The molecule has 0 bridgehead atoms. The minimum Gasteiger partial charge on any atom is -0.486 e. The van der Waals surface area contributed by atoms with Crippen molar-refractivity contribution in [3.05, 3.63) is 95.1 Å². The zero-order valence-electron chi connectivity index (χ0n) is 83.4. The van der Waals surface area contributed by atoms with Gasteiger partial charge in [-0.15, -0.1) is 0 Å². The number of hydrogen-bond donors (Lipinski definition) is 9. The van der Waals surface area contributed by atoms with Crippen molar-refractivity contribution in [1.29, 1.82) is 0 Å². The van der Waals surface area contributed by atoms with E-state index in [1.807, 2.05) is 72.8 Å². The van der Waals surface area contributed by atoms with E-state index >= 15 is 0 Å². The smallest absolute Gasteiger partial charge is 0.335 e. The number of aliphatic carboxylic acids is 2. The normalized spacial score (nSPS) is 17.0. The van der Waals surface area contributed by atoms with Crippen LogP contribution in [0.5, 0.6) is 46.0 Å². The fraction of sp³-hybridized carbons (Fsp3) is 0.679. The van der Waals surface area contributed by atoms with Gasteiger partial charge in [0.25, 0.3) is 0 Å². The van der Waals surface area contributed by atoms with Crippen molar-refractivity contribution in [2.24, 2.45) is 0 Å². The number of carbonyl (C=O) groups excluding carboxylic acids is 8. The van der Waals surface area contributed by atoms with Crippen molar-refractivity contribution in [2.75, 3.05) is 131 Å². The molecular weight excluding hydrogens is 1840 g/mol. The largest absolute Gasteiger partial charge is 0.486 e. The quantitative estimate of drug-likeness (QED) is 0.00858. The summed E-state index contributed by atoms with van der Waals surface area (Å²) in [5.74, 6) is 0.800. The first-order valence-corrected chi connectivity index (χ1v) is 51.3. The number of carbonyl (C=O) groups is 10. The molecule has 12 rings (SSSR count). The zero-order valence-corrected chi connectivity index (χ0v) is 84.2. The molecule has 141 heavy (non-hydrogen) atoms. The van der Waals surface area contributed by atoms with Crippen LogP contribution in [0.15, 0.2) is 72.8 Å². The van der Waals surface area contributed by atoms with Gasteiger partial charge in [0, 0.05) is 79.6 Å². The van der Waals surface area contributed by atoms with Crippen LogP contribution in [0.1, 0.15) is 322 Å². The number of carboxylic acids is 2. The highest BCUT2D eigenvalue weighted by atomic mass is 35.5. The van der Waals surface area contributed by atoms with Crippen LogP contribution in [-0.2, 0) is 62.2 Å². The van der Waals surface area contributed by atoms with Crippen LogP contribution in [0.3, 0.4) is 0 Å². The molecule has 10 atom stereocenters. The van der Waals surface area contributed by atoms with E-state index in [-0.39, 0.29) is 85.8 Å². The zero-order chi connectivity index (χ0) is 101. The summed E-state index contributed by atoms with van der Waals surface area (Å²) in [5.41, 5.74) is 3.16. The molecule has 8 aliphatic heterocycles. The van der Waals surface area contributed by atoms with Crippen LogP contribution in [0, 0.1) is 0 Å². The summed E-state index contributed by atoms with van der Waals surface area (Å²) in [6, 6.07) is 21.1. The average Bonchev–Trinajstić information content (AvgIpc) is 1.77. The number of esters is 3. The summed E-state index contributed by atoms with van der Waals surface area (Å²) in [6.07, 6.45) is 26.3. The van der Waals surface area contributed by atoms with Crippen molar-refractivity contribution in [2.45, 2.75) is 337 Å². The Hall–Kier alpha value is -9.81. The topological polar surface area (TPSA) is 434 Å². The standard InChI is InChI=1S/3C25H38N2O5.C23H36N2O4.C4H6O6.C2H3ClO.2CH4/c3*1-3-4-5-6-7-10-24(29)26-21(18-27-13-8-9-14-27)25(32-19(2)28)20-11-12-22-23(17-20)31-16-15-30-22;1-2-3-4-5-6-9-22(26)24-19(17-25-12-7-8-13-25)23(27)18-10-11-20-21(16-18)29-15-14-28-20;5-1(3(7)8)2(6)4(9)10;1-2(3)4;;/h3*11-12,17,21,25H,3-10,13-16,18H2,1-2H3,(H,26,29);10-11,16,19,23,27H,2-9,12-15,17H2,1H3,(H,24,26);1-2,5-6H,(H,7,8)(H,9,10);1H3;2*1H4/t3*21-,25-;19-,23-;1-,2-;;;/m11110.../s1. The number of unbranched alkanes of at least 4 members (excludes halogenated alkanes) is 16. The number of nitrogens with one attached hydrogen (secondary N) is 4. The van der Waals surface area contributed by atoms with Crippen molar-refractivity contribution < 1.29 is 126 Å². The lowest BCUT2D eigenvalue weighted by Crippen LogP contribution is -2.47. The molecule has 0 unspecified atom stereocenters. The van der Waals surface area contributed by atoms with Crippen LogP contribution in [-0.4, -0.2) is 272 Å². The van der Waals surface area contributed by atoms with Gasteiger partial charge in [-0.25, -0.2) is 9.59 Å². The molecule has 4 saturated heterocycles. The predicted octanol–water partition coefficient (Wildman–Crippen LogP) is 15.4. The summed E-state index contributed by atoms with van der Waals surface area (Å²) < 4.78 is 62.7. The molecular formula is C106H167ClN8O26. The number of aliphatic hydroxyl groups excluding tert-OH is 3. The number of amides is 4. The van der Waals surface area contributed by atoms with E-state index in [9.17, 15) is 53.1 Å². The number of carboxylic acid groups (broad SMARTS) is 2. The van der Waals surface area contributed by atoms with Gasteiger partial charge in [-0.2, -0.15) is 0 Å². The van der Waals surface area contributed by atoms with Crippen LogP contribution in [0.4, 0.5) is 0 Å². The molecule has 0 aliphatic carbocycles. The number of halogens is 1. The first-order valence-electron chi connectivity index (χ1n) is 50.9. The molecule has 794 valence electrons. The third-order valence-electron chi connectivity index (χ3n) is 24.8. The van der Waals surface area contributed by atoms with E-state index in [0.717, 1.165) is 184 Å². The summed E-state index contributed by atoms with van der Waals surface area (Å²) in [6.45, 7) is 29.0. The molecule has 9 N–H and O–H groups in total. The van der Waals surface area contributed by atoms with Gasteiger partial charge in [-0.1, -0.05) is 170 Å². The number of rotatable bonds is 50. The molecule has 0 saturated carbocycles. The fourth-order valence-electron chi connectivity index (χ4n) is 17.7. The van der Waals surface area contributed by atoms with E-state index in [2.05, 4.69) is 80.2 Å². The van der Waals surface area contributed by atoms with Crippen LogP contribution in [0.25, 0.3) is 0 Å². The van der Waals surface area contributed by atoms with Gasteiger partial charge in [0.15, 0.2) is 58.2 Å². The lowest BCUT2D eigenvalue weighted by Gasteiger charge is -2.32. The van der Waals surface area contributed by atoms with Gasteiger partial charge < -0.3 is 119 Å². The monoisotopic (exact) mass is 2000 g/mol. The highest BCUT2D eigenvalue weighted by molar-refractivity contribution is 6.62. The number of likely N-dealkylation sites (tertiary alicyclic amines) is 4. The van der Waals surface area contributed by atoms with E-state index in [0.29, 0.717) is 151 Å². The Balaban J connectivity index is 0.000000315. The number of fused-ring (bicyclic) bond motifs is 4. The van der Waals surface area contributed by atoms with Crippen LogP contribution >= 0.6 is 11.6 Å². The van der Waals surface area contributed by atoms with E-state index in [1.54, 1.807) is 0 Å². The minimum atomic E-state index is -2.27. The van der Waals surface area contributed by atoms with Gasteiger partial charge >= 0.3 is 29.8 Å². The summed E-state index contributed by atoms with van der Waals surface area (Å²) in [5, 5.41) is 55.9. The van der Waals surface area contributed by atoms with Crippen molar-refractivity contribution in [3.63, 3.8) is 0 Å². The average molecular weight is 2000 g/mol. The van der Waals surface area contributed by atoms with E-state index in [1.165, 1.54) is 98.3 Å². The fourth-order valence-corrected chi connectivity index (χ4v) is 17.7. The number of ether oxygens (including phenoxy) is 11. The molecule has 4 fully saturated rings. The molecule has 8 heterocycles. The Kier molecular flexibility index (Phi) is 59.7. The highest BCUT2D eigenvalue weighted by Crippen LogP contribution is 2.40. The summed E-state index contributed by atoms with van der Waals surface area (Å²) in [4.78, 5) is 125. The molecule has 4 aromatic carbocycles. The second-order valence-corrected chi connectivity index (χ2v) is 37.1. The van der Waals surface area contributed by atoms with Gasteiger partial charge in [0.2, 0.25) is 28.9 Å². The Morgan fingerprint density at radius 3 is 0.730 bits per heavy atom. The number of benzene rings is 4. The highest BCUT2D eigenvalue weighted by Gasteiger charge is 2.37. The second kappa shape index (κ2) is 69.2. The van der Waals surface area contributed by atoms with Gasteiger partial charge in [0.1, 0.15) is 77.3 Å². The number of nitrogens with zero attached hydrogens (tertiary/aromatic N) is 4. The number of aliphatic hydroxyl groups is 3. The summed E-state index contributed by atoms with van der Waals surface area (Å²) in [7, 11) is 0. The SMILES string of the molecule is C.C.CC(=O)Cl.CCCCCCCC(=O)N[C@H](CN1CCCC1)[C@H](O)c1ccc2c(c1)OCCO2.CCCCCCCC(=O)N[C@H](CN1CCCC1)[C@H](OC(C)=O)c1ccc2c(c1)OCCO2.CCCCCCCC(=O)N[C@H](CN1CCCC1)[C@H](OC(C)=O)c1ccc2c(c1)OCCO2.CCCCCCCC(=O)N[C@H](CN1CCCC1)[C@H](OC(C)=O)c1ccc2c(c1)OCCO2.O=C(O)[C@@H](O)[C@H](O)C(=O)O.